The molecule has 0 saturated heterocycles. The Morgan fingerprint density at radius 1 is 1.38 bits per heavy atom. The van der Waals surface area contributed by atoms with Crippen molar-refractivity contribution in [2.45, 2.75) is 20.0 Å². The van der Waals surface area contributed by atoms with E-state index >= 15 is 0 Å². The molecule has 0 spiro atoms. The van der Waals surface area contributed by atoms with Crippen molar-refractivity contribution in [3.05, 3.63) is 39.8 Å². The SMILES string of the molecule is Cc1cc(C)cc(OCC(O)CN=[N+]=[N-])c1. The maximum Gasteiger partial charge on any atom is 0.119 e. The average molecular weight is 221 g/mol. The second kappa shape index (κ2) is 6.00. The van der Waals surface area contributed by atoms with Crippen LogP contribution in [0.4, 0.5) is 0 Å². The summed E-state index contributed by atoms with van der Waals surface area (Å²) < 4.78 is 5.39. The summed E-state index contributed by atoms with van der Waals surface area (Å²) in [4.78, 5) is 2.57. The van der Waals surface area contributed by atoms with E-state index in [9.17, 15) is 5.11 Å². The minimum Gasteiger partial charge on any atom is -0.491 e. The number of ether oxygens (including phenoxy) is 1. The van der Waals surface area contributed by atoms with Gasteiger partial charge in [0.15, 0.2) is 0 Å². The number of aryl methyl sites for hydroxylation is 2. The van der Waals surface area contributed by atoms with Crippen molar-refractivity contribution in [3.63, 3.8) is 0 Å². The molecule has 0 fully saturated rings. The van der Waals surface area contributed by atoms with E-state index in [1.54, 1.807) is 0 Å². The Morgan fingerprint density at radius 2 is 2.00 bits per heavy atom. The Balaban J connectivity index is 2.50. The molecule has 0 bridgehead atoms. The van der Waals surface area contributed by atoms with Crippen molar-refractivity contribution in [2.75, 3.05) is 13.2 Å². The minimum absolute atomic E-state index is 0.0291. The van der Waals surface area contributed by atoms with Crippen LogP contribution in [0.2, 0.25) is 0 Å². The molecule has 1 unspecified atom stereocenters. The first kappa shape index (κ1) is 12.4. The van der Waals surface area contributed by atoms with Crippen LogP contribution < -0.4 is 4.74 Å². The summed E-state index contributed by atoms with van der Waals surface area (Å²) >= 11 is 0. The highest BCUT2D eigenvalue weighted by atomic mass is 16.5. The summed E-state index contributed by atoms with van der Waals surface area (Å²) in [6.45, 7) is 4.12. The molecule has 0 aliphatic heterocycles. The van der Waals surface area contributed by atoms with Gasteiger partial charge in [0.05, 0.1) is 12.6 Å². The maximum absolute atomic E-state index is 9.39. The van der Waals surface area contributed by atoms with Gasteiger partial charge in [0.1, 0.15) is 12.4 Å². The zero-order valence-electron chi connectivity index (χ0n) is 9.42. The zero-order chi connectivity index (χ0) is 12.0. The molecule has 1 rings (SSSR count). The van der Waals surface area contributed by atoms with Crippen LogP contribution in [-0.2, 0) is 0 Å². The van der Waals surface area contributed by atoms with Crippen molar-refractivity contribution >= 4 is 0 Å². The second-order valence-corrected chi connectivity index (χ2v) is 3.70. The minimum atomic E-state index is -0.767. The van der Waals surface area contributed by atoms with Crippen LogP contribution in [-0.4, -0.2) is 24.4 Å². The van der Waals surface area contributed by atoms with Crippen LogP contribution in [0.5, 0.6) is 5.75 Å². The molecular weight excluding hydrogens is 206 g/mol. The van der Waals surface area contributed by atoms with Gasteiger partial charge in [0.2, 0.25) is 0 Å². The molecular formula is C11H15N3O2. The molecule has 0 aliphatic carbocycles. The van der Waals surface area contributed by atoms with Gasteiger partial charge in [-0.05, 0) is 42.6 Å². The fraction of sp³-hybridized carbons (Fsp3) is 0.455. The Labute approximate surface area is 94.3 Å². The lowest BCUT2D eigenvalue weighted by Gasteiger charge is -2.11. The van der Waals surface area contributed by atoms with Gasteiger partial charge in [-0.1, -0.05) is 11.2 Å². The van der Waals surface area contributed by atoms with Crippen LogP contribution in [0.15, 0.2) is 23.3 Å². The average Bonchev–Trinajstić information content (AvgIpc) is 2.22. The van der Waals surface area contributed by atoms with E-state index in [4.69, 9.17) is 10.3 Å². The van der Waals surface area contributed by atoms with E-state index in [0.29, 0.717) is 0 Å². The lowest BCUT2D eigenvalue weighted by Crippen LogP contribution is -2.20. The van der Waals surface area contributed by atoms with Gasteiger partial charge in [-0.2, -0.15) is 0 Å². The van der Waals surface area contributed by atoms with Gasteiger partial charge in [-0.15, -0.1) is 0 Å². The van der Waals surface area contributed by atoms with E-state index in [-0.39, 0.29) is 13.2 Å². The molecule has 86 valence electrons. The zero-order valence-corrected chi connectivity index (χ0v) is 9.42. The number of hydrogen-bond donors (Lipinski definition) is 1. The van der Waals surface area contributed by atoms with Gasteiger partial charge >= 0.3 is 0 Å². The van der Waals surface area contributed by atoms with E-state index in [2.05, 4.69) is 10.0 Å². The number of aliphatic hydroxyl groups is 1. The fourth-order valence-corrected chi connectivity index (χ4v) is 1.39. The number of azide groups is 1. The lowest BCUT2D eigenvalue weighted by atomic mass is 10.1. The number of benzene rings is 1. The summed E-state index contributed by atoms with van der Waals surface area (Å²) in [5, 5.41) is 12.7. The van der Waals surface area contributed by atoms with Gasteiger partial charge in [0.25, 0.3) is 0 Å². The molecule has 0 heterocycles. The summed E-state index contributed by atoms with van der Waals surface area (Å²) in [6.07, 6.45) is -0.767. The summed E-state index contributed by atoms with van der Waals surface area (Å²) in [6, 6.07) is 5.84. The molecule has 5 heteroatoms. The van der Waals surface area contributed by atoms with Crippen molar-refractivity contribution in [1.29, 1.82) is 0 Å². The molecule has 0 amide bonds. The van der Waals surface area contributed by atoms with E-state index in [1.165, 1.54) is 0 Å². The molecule has 0 aliphatic rings. The highest BCUT2D eigenvalue weighted by Gasteiger charge is 2.04. The highest BCUT2D eigenvalue weighted by molar-refractivity contribution is 5.32. The summed E-state index contributed by atoms with van der Waals surface area (Å²) in [5.74, 6) is 0.720. The quantitative estimate of drug-likeness (QED) is 0.470. The van der Waals surface area contributed by atoms with Crippen LogP contribution >= 0.6 is 0 Å². The second-order valence-electron chi connectivity index (χ2n) is 3.70. The topological polar surface area (TPSA) is 78.2 Å². The summed E-state index contributed by atoms with van der Waals surface area (Å²) in [7, 11) is 0. The Kier molecular flexibility index (Phi) is 4.64. The molecule has 0 aromatic heterocycles. The first-order valence-electron chi connectivity index (χ1n) is 5.02. The molecule has 5 nitrogen and oxygen atoms in total. The van der Waals surface area contributed by atoms with Crippen LogP contribution in [0.3, 0.4) is 0 Å². The molecule has 1 aromatic carbocycles. The van der Waals surface area contributed by atoms with Gasteiger partial charge < -0.3 is 9.84 Å². The van der Waals surface area contributed by atoms with Crippen LogP contribution in [0.25, 0.3) is 10.4 Å². The van der Waals surface area contributed by atoms with Gasteiger partial charge in [-0.3, -0.25) is 0 Å². The number of aliphatic hydroxyl groups excluding tert-OH is 1. The predicted octanol–water partition coefficient (Wildman–Crippen LogP) is 2.35. The third-order valence-corrected chi connectivity index (χ3v) is 1.99. The molecule has 1 atom stereocenters. The monoisotopic (exact) mass is 221 g/mol. The smallest absolute Gasteiger partial charge is 0.119 e. The standard InChI is InChI=1S/C11H15N3O2/c1-8-3-9(2)5-11(4-8)16-7-10(15)6-13-14-12/h3-5,10,15H,6-7H2,1-2H3. The molecule has 16 heavy (non-hydrogen) atoms. The van der Waals surface area contributed by atoms with Crippen molar-refractivity contribution < 1.29 is 9.84 Å². The normalized spacial score (nSPS) is 11.7. The highest BCUT2D eigenvalue weighted by Crippen LogP contribution is 2.16. The molecule has 1 aromatic rings. The van der Waals surface area contributed by atoms with Crippen molar-refractivity contribution in [3.8, 4) is 5.75 Å². The lowest BCUT2D eigenvalue weighted by molar-refractivity contribution is 0.114. The molecule has 0 saturated carbocycles. The number of hydrogen-bond acceptors (Lipinski definition) is 3. The molecule has 0 radical (unpaired) electrons. The van der Waals surface area contributed by atoms with Crippen LogP contribution in [0, 0.1) is 13.8 Å². The van der Waals surface area contributed by atoms with Crippen LogP contribution in [0.1, 0.15) is 11.1 Å². The third-order valence-electron chi connectivity index (χ3n) is 1.99. The third kappa shape index (κ3) is 4.21. The first-order chi connectivity index (χ1) is 7.61. The number of rotatable bonds is 5. The first-order valence-corrected chi connectivity index (χ1v) is 5.02. The predicted molar refractivity (Wildman–Crippen MR) is 61.4 cm³/mol. The Hall–Kier alpha value is -1.71. The van der Waals surface area contributed by atoms with Gasteiger partial charge in [-0.25, -0.2) is 0 Å². The van der Waals surface area contributed by atoms with E-state index in [1.807, 2.05) is 32.0 Å². The maximum atomic E-state index is 9.39. The number of nitrogens with zero attached hydrogens (tertiary/aromatic N) is 3. The summed E-state index contributed by atoms with van der Waals surface area (Å²) in [5.41, 5.74) is 10.3. The Bertz CT molecular complexity index is 380. The van der Waals surface area contributed by atoms with Gasteiger partial charge in [0, 0.05) is 4.91 Å². The molecule has 1 N–H and O–H groups in total. The van der Waals surface area contributed by atoms with E-state index in [0.717, 1.165) is 16.9 Å². The Morgan fingerprint density at radius 3 is 2.56 bits per heavy atom. The van der Waals surface area contributed by atoms with Crippen molar-refractivity contribution in [1.82, 2.24) is 0 Å². The largest absolute Gasteiger partial charge is 0.491 e. The fourth-order valence-electron chi connectivity index (χ4n) is 1.39. The van der Waals surface area contributed by atoms with Crippen molar-refractivity contribution in [2.24, 2.45) is 5.11 Å². The van der Waals surface area contributed by atoms with E-state index < -0.39 is 6.10 Å².